The summed E-state index contributed by atoms with van der Waals surface area (Å²) < 4.78 is 20.5. The summed E-state index contributed by atoms with van der Waals surface area (Å²) in [4.78, 5) is 0.465. The zero-order valence-corrected chi connectivity index (χ0v) is 11.7. The first-order chi connectivity index (χ1) is 7.66. The second-order valence-corrected chi connectivity index (χ2v) is 6.61. The Morgan fingerprint density at radius 2 is 2.00 bits per heavy atom. The van der Waals surface area contributed by atoms with Gasteiger partial charge in [0.05, 0.1) is 4.90 Å². The number of alkyl halides is 1. The van der Waals surface area contributed by atoms with E-state index in [1.54, 1.807) is 12.1 Å². The molecule has 0 aromatic heterocycles. The fraction of sp³-hybridized carbons (Fsp3) is 0.333. The molecule has 16 heavy (non-hydrogen) atoms. The lowest BCUT2D eigenvalue weighted by Crippen LogP contribution is -2.03. The molecule has 86 valence electrons. The van der Waals surface area contributed by atoms with Gasteiger partial charge >= 0.3 is 0 Å². The summed E-state index contributed by atoms with van der Waals surface area (Å²) in [5.74, 6) is 0. The Bertz CT molecular complexity index is 425. The Morgan fingerprint density at radius 1 is 1.31 bits per heavy atom. The van der Waals surface area contributed by atoms with E-state index in [1.165, 1.54) is 17.6 Å². The number of hydrogen-bond acceptors (Lipinski definition) is 1. The van der Waals surface area contributed by atoms with Gasteiger partial charge in [0.1, 0.15) is 0 Å². The van der Waals surface area contributed by atoms with Crippen LogP contribution in [0.4, 0.5) is 0 Å². The highest BCUT2D eigenvalue weighted by Crippen LogP contribution is 2.30. The van der Waals surface area contributed by atoms with Crippen molar-refractivity contribution in [2.75, 3.05) is 0 Å². The standard InChI is InChI=1S/C12H13IO2S/c13-11-5-1-9(2-6-11)10-3-7-12(8-4-10)16(14)15/h1,3-4,7-8,11H,2,5-6H2,(H,14,15). The average molecular weight is 348 g/mol. The van der Waals surface area contributed by atoms with Crippen molar-refractivity contribution in [2.45, 2.75) is 28.1 Å². The summed E-state index contributed by atoms with van der Waals surface area (Å²) in [6.45, 7) is 0. The van der Waals surface area contributed by atoms with Crippen LogP contribution in [-0.2, 0) is 11.1 Å². The molecule has 2 atom stereocenters. The van der Waals surface area contributed by atoms with E-state index < -0.39 is 11.1 Å². The summed E-state index contributed by atoms with van der Waals surface area (Å²) in [6.07, 6.45) is 5.74. The minimum Gasteiger partial charge on any atom is -0.302 e. The average Bonchev–Trinajstić information content (AvgIpc) is 2.30. The highest BCUT2D eigenvalue weighted by molar-refractivity contribution is 14.1. The van der Waals surface area contributed by atoms with E-state index >= 15 is 0 Å². The Hall–Kier alpha value is -0.200. The van der Waals surface area contributed by atoms with Crippen LogP contribution in [0.1, 0.15) is 24.8 Å². The van der Waals surface area contributed by atoms with Crippen LogP contribution < -0.4 is 0 Å². The van der Waals surface area contributed by atoms with Crippen molar-refractivity contribution in [2.24, 2.45) is 0 Å². The van der Waals surface area contributed by atoms with Crippen molar-refractivity contribution in [1.82, 2.24) is 0 Å². The van der Waals surface area contributed by atoms with Gasteiger partial charge in [-0.3, -0.25) is 0 Å². The van der Waals surface area contributed by atoms with Gasteiger partial charge in [0, 0.05) is 3.92 Å². The molecule has 1 aromatic rings. The molecule has 0 saturated carbocycles. The maximum Gasteiger partial charge on any atom is 0.186 e. The molecular formula is C12H13IO2S. The number of hydrogen-bond donors (Lipinski definition) is 1. The van der Waals surface area contributed by atoms with Gasteiger partial charge in [-0.15, -0.1) is 0 Å². The molecule has 0 radical (unpaired) electrons. The van der Waals surface area contributed by atoms with Gasteiger partial charge < -0.3 is 4.55 Å². The lowest BCUT2D eigenvalue weighted by atomic mass is 9.94. The molecule has 0 bridgehead atoms. The van der Waals surface area contributed by atoms with Crippen LogP contribution in [0.5, 0.6) is 0 Å². The van der Waals surface area contributed by atoms with E-state index in [4.69, 9.17) is 4.55 Å². The maximum absolute atomic E-state index is 10.8. The molecule has 0 spiro atoms. The first-order valence-corrected chi connectivity index (χ1v) is 7.56. The zero-order valence-electron chi connectivity index (χ0n) is 8.73. The van der Waals surface area contributed by atoms with Gasteiger partial charge in [-0.05, 0) is 42.5 Å². The maximum atomic E-state index is 10.8. The molecule has 1 N–H and O–H groups in total. The van der Waals surface area contributed by atoms with Crippen molar-refractivity contribution >= 4 is 39.2 Å². The Labute approximate surface area is 112 Å². The summed E-state index contributed by atoms with van der Waals surface area (Å²) in [5.41, 5.74) is 2.54. The van der Waals surface area contributed by atoms with Crippen molar-refractivity contribution in [3.05, 3.63) is 35.9 Å². The highest BCUT2D eigenvalue weighted by atomic mass is 127. The molecule has 2 rings (SSSR count). The molecule has 0 saturated heterocycles. The van der Waals surface area contributed by atoms with Crippen molar-refractivity contribution < 1.29 is 8.76 Å². The van der Waals surface area contributed by atoms with E-state index in [1.807, 2.05) is 12.1 Å². The number of allylic oxidation sites excluding steroid dienone is 2. The van der Waals surface area contributed by atoms with Crippen LogP contribution in [0.3, 0.4) is 0 Å². The van der Waals surface area contributed by atoms with Gasteiger partial charge in [0.15, 0.2) is 11.1 Å². The molecular weight excluding hydrogens is 335 g/mol. The largest absolute Gasteiger partial charge is 0.302 e. The topological polar surface area (TPSA) is 37.3 Å². The SMILES string of the molecule is O=S(O)c1ccc(C2=CCC(I)CC2)cc1. The number of halogens is 1. The lowest BCUT2D eigenvalue weighted by Gasteiger charge is -2.17. The predicted octanol–water partition coefficient (Wildman–Crippen LogP) is 3.64. The van der Waals surface area contributed by atoms with E-state index in [-0.39, 0.29) is 0 Å². The lowest BCUT2D eigenvalue weighted by molar-refractivity contribution is 0.564. The summed E-state index contributed by atoms with van der Waals surface area (Å²) in [7, 11) is 0. The fourth-order valence-corrected chi connectivity index (χ4v) is 2.78. The zero-order chi connectivity index (χ0) is 11.5. The van der Waals surface area contributed by atoms with Crippen LogP contribution in [-0.4, -0.2) is 12.7 Å². The molecule has 0 amide bonds. The molecule has 0 heterocycles. The first-order valence-electron chi connectivity index (χ1n) is 5.21. The summed E-state index contributed by atoms with van der Waals surface area (Å²) in [6, 6.07) is 7.32. The van der Waals surface area contributed by atoms with Crippen molar-refractivity contribution in [3.8, 4) is 0 Å². The van der Waals surface area contributed by atoms with Crippen LogP contribution in [0.15, 0.2) is 35.2 Å². The smallest absolute Gasteiger partial charge is 0.186 e. The second kappa shape index (κ2) is 5.42. The molecule has 1 aliphatic rings. The van der Waals surface area contributed by atoms with Crippen LogP contribution >= 0.6 is 22.6 Å². The van der Waals surface area contributed by atoms with E-state index in [9.17, 15) is 4.21 Å². The Kier molecular flexibility index (Phi) is 4.16. The minimum atomic E-state index is -1.87. The third kappa shape index (κ3) is 2.93. The number of rotatable bonds is 2. The first kappa shape index (κ1) is 12.3. The van der Waals surface area contributed by atoms with Crippen molar-refractivity contribution in [3.63, 3.8) is 0 Å². The van der Waals surface area contributed by atoms with E-state index in [0.29, 0.717) is 4.90 Å². The quantitative estimate of drug-likeness (QED) is 0.503. The minimum absolute atomic E-state index is 0.465. The second-order valence-electron chi connectivity index (χ2n) is 3.87. The Balaban J connectivity index is 2.19. The number of benzene rings is 1. The molecule has 0 fully saturated rings. The Morgan fingerprint density at radius 3 is 2.50 bits per heavy atom. The summed E-state index contributed by atoms with van der Waals surface area (Å²) >= 11 is 0.614. The van der Waals surface area contributed by atoms with Crippen LogP contribution in [0, 0.1) is 0 Å². The molecule has 1 aromatic carbocycles. The molecule has 2 unspecified atom stereocenters. The summed E-state index contributed by atoms with van der Waals surface area (Å²) in [5, 5.41) is 0. The van der Waals surface area contributed by atoms with Gasteiger partial charge in [0.2, 0.25) is 0 Å². The fourth-order valence-electron chi connectivity index (χ4n) is 1.85. The van der Waals surface area contributed by atoms with Crippen LogP contribution in [0.25, 0.3) is 5.57 Å². The van der Waals surface area contributed by atoms with Crippen molar-refractivity contribution in [1.29, 1.82) is 0 Å². The van der Waals surface area contributed by atoms with E-state index in [2.05, 4.69) is 28.7 Å². The molecule has 0 aliphatic heterocycles. The van der Waals surface area contributed by atoms with Gasteiger partial charge in [-0.1, -0.05) is 40.8 Å². The highest BCUT2D eigenvalue weighted by Gasteiger charge is 2.12. The third-order valence-corrected chi connectivity index (χ3v) is 4.58. The van der Waals surface area contributed by atoms with Crippen LogP contribution in [0.2, 0.25) is 0 Å². The van der Waals surface area contributed by atoms with Gasteiger partial charge in [-0.2, -0.15) is 0 Å². The molecule has 1 aliphatic carbocycles. The van der Waals surface area contributed by atoms with Gasteiger partial charge in [0.25, 0.3) is 0 Å². The van der Waals surface area contributed by atoms with Gasteiger partial charge in [-0.25, -0.2) is 4.21 Å². The monoisotopic (exact) mass is 348 g/mol. The molecule has 2 nitrogen and oxygen atoms in total. The molecule has 4 heteroatoms. The normalized spacial score (nSPS) is 22.6. The third-order valence-electron chi connectivity index (χ3n) is 2.77. The predicted molar refractivity (Wildman–Crippen MR) is 75.1 cm³/mol. The van der Waals surface area contributed by atoms with E-state index in [0.717, 1.165) is 16.8 Å².